The Morgan fingerprint density at radius 3 is 1.88 bits per heavy atom. The number of para-hydroxylation sites is 2. The van der Waals surface area contributed by atoms with Gasteiger partial charge in [-0.3, -0.25) is 9.79 Å². The lowest BCUT2D eigenvalue weighted by molar-refractivity contribution is -0.114. The summed E-state index contributed by atoms with van der Waals surface area (Å²) < 4.78 is 0. The Labute approximate surface area is 291 Å². The van der Waals surface area contributed by atoms with Gasteiger partial charge < -0.3 is 10.4 Å². The van der Waals surface area contributed by atoms with Crippen molar-refractivity contribution in [3.63, 3.8) is 0 Å². The van der Waals surface area contributed by atoms with E-state index in [1.165, 1.54) is 22.3 Å². The summed E-state index contributed by atoms with van der Waals surface area (Å²) in [5.41, 5.74) is 10.4. The number of carbonyl (C=O) groups is 1. The van der Waals surface area contributed by atoms with Crippen LogP contribution in [0, 0.1) is 0 Å². The number of Topliss-reactive ketones (excluding diaryl/α,β-unsaturated/α-hetero) is 1. The molecule has 3 aliphatic rings. The van der Waals surface area contributed by atoms with Crippen LogP contribution >= 0.6 is 0 Å². The number of carbonyl (C=O) groups excluding carboxylic acids is 1. The van der Waals surface area contributed by atoms with Crippen LogP contribution in [0.15, 0.2) is 119 Å². The Bertz CT molecular complexity index is 2080. The maximum Gasteiger partial charge on any atom is 0.197 e. The predicted molar refractivity (Wildman–Crippen MR) is 203 cm³/mol. The Kier molecular flexibility index (Phi) is 7.48. The van der Waals surface area contributed by atoms with Gasteiger partial charge in [0.1, 0.15) is 5.76 Å². The van der Waals surface area contributed by atoms with E-state index < -0.39 is 10.8 Å². The van der Waals surface area contributed by atoms with Crippen LogP contribution in [0.3, 0.4) is 0 Å². The molecule has 0 radical (unpaired) electrons. The summed E-state index contributed by atoms with van der Waals surface area (Å²) in [4.78, 5) is 19.6. The van der Waals surface area contributed by atoms with E-state index in [1.54, 1.807) is 0 Å². The van der Waals surface area contributed by atoms with Gasteiger partial charge in [0.2, 0.25) is 0 Å². The number of hydrogen-bond acceptors (Lipinski definition) is 4. The maximum atomic E-state index is 14.5. The van der Waals surface area contributed by atoms with Crippen LogP contribution < -0.4 is 5.32 Å². The van der Waals surface area contributed by atoms with Gasteiger partial charge in [-0.2, -0.15) is 0 Å². The minimum Gasteiger partial charge on any atom is -0.507 e. The van der Waals surface area contributed by atoms with Gasteiger partial charge in [0.05, 0.1) is 17.0 Å². The number of anilines is 1. The van der Waals surface area contributed by atoms with Gasteiger partial charge in [0, 0.05) is 40.1 Å². The zero-order valence-electron chi connectivity index (χ0n) is 30.3. The first-order chi connectivity index (χ1) is 23.0. The average molecular weight is 649 g/mol. The van der Waals surface area contributed by atoms with Crippen molar-refractivity contribution in [3.05, 3.63) is 147 Å². The summed E-state index contributed by atoms with van der Waals surface area (Å²) in [7, 11) is 0. The lowest BCUT2D eigenvalue weighted by Gasteiger charge is -2.36. The normalized spacial score (nSPS) is 22.3. The highest BCUT2D eigenvalue weighted by Gasteiger charge is 2.49. The number of hydrogen-bond donors (Lipinski definition) is 2. The topological polar surface area (TPSA) is 61.7 Å². The number of aliphatic imine (C=N–C) groups is 1. The Hall–Kier alpha value is -4.70. The molecule has 49 heavy (non-hydrogen) atoms. The molecule has 250 valence electrons. The van der Waals surface area contributed by atoms with Crippen molar-refractivity contribution in [3.8, 4) is 0 Å². The number of ketones is 1. The van der Waals surface area contributed by atoms with Crippen molar-refractivity contribution in [2.24, 2.45) is 4.99 Å². The zero-order chi connectivity index (χ0) is 35.1. The monoisotopic (exact) mass is 648 g/mol. The number of nitrogens with one attached hydrogen (secondary N) is 1. The van der Waals surface area contributed by atoms with Gasteiger partial charge in [0.25, 0.3) is 0 Å². The third-order valence-electron chi connectivity index (χ3n) is 11.2. The van der Waals surface area contributed by atoms with Crippen molar-refractivity contribution in [1.29, 1.82) is 0 Å². The number of fused-ring (bicyclic) bond motifs is 2. The molecule has 4 aromatic carbocycles. The second-order valence-electron chi connectivity index (χ2n) is 16.8. The average Bonchev–Trinajstić information content (AvgIpc) is 3.51. The summed E-state index contributed by atoms with van der Waals surface area (Å²) in [6.07, 6.45) is 0.396. The van der Waals surface area contributed by atoms with Gasteiger partial charge in [-0.05, 0) is 63.3 Å². The van der Waals surface area contributed by atoms with Gasteiger partial charge in [-0.1, -0.05) is 140 Å². The van der Waals surface area contributed by atoms with Crippen LogP contribution in [0.5, 0.6) is 0 Å². The van der Waals surface area contributed by atoms with Crippen molar-refractivity contribution in [2.45, 2.75) is 96.4 Å². The highest BCUT2D eigenvalue weighted by atomic mass is 16.3. The van der Waals surface area contributed by atoms with Gasteiger partial charge in [-0.15, -0.1) is 0 Å². The summed E-state index contributed by atoms with van der Waals surface area (Å²) in [5.74, 6) is -0.0254. The van der Waals surface area contributed by atoms with E-state index in [-0.39, 0.29) is 28.4 Å². The van der Waals surface area contributed by atoms with E-state index in [9.17, 15) is 9.90 Å². The Balaban J connectivity index is 1.33. The fourth-order valence-corrected chi connectivity index (χ4v) is 7.98. The summed E-state index contributed by atoms with van der Waals surface area (Å²) in [6.45, 7) is 19.8. The van der Waals surface area contributed by atoms with Crippen LogP contribution in [0.2, 0.25) is 0 Å². The summed E-state index contributed by atoms with van der Waals surface area (Å²) in [5, 5.41) is 15.7. The lowest BCUT2D eigenvalue weighted by Crippen LogP contribution is -2.40. The first kappa shape index (κ1) is 32.8. The highest BCUT2D eigenvalue weighted by molar-refractivity contribution is 6.39. The minimum atomic E-state index is -0.454. The molecule has 7 rings (SSSR count). The number of nitrogens with zero attached hydrogens (tertiary/aromatic N) is 1. The Morgan fingerprint density at radius 2 is 1.31 bits per heavy atom. The molecular weight excluding hydrogens is 601 g/mol. The molecule has 0 aromatic heterocycles. The third kappa shape index (κ3) is 5.19. The molecule has 2 N–H and O–H groups in total. The molecule has 0 fully saturated rings. The predicted octanol–water partition coefficient (Wildman–Crippen LogP) is 10.7. The number of allylic oxidation sites excluding steroid dienone is 2. The smallest absolute Gasteiger partial charge is 0.197 e. The van der Waals surface area contributed by atoms with Crippen molar-refractivity contribution >= 4 is 28.4 Å². The quantitative estimate of drug-likeness (QED) is 0.212. The molecule has 1 aliphatic carbocycles. The summed E-state index contributed by atoms with van der Waals surface area (Å²) in [6, 6.07) is 33.8. The van der Waals surface area contributed by atoms with Crippen LogP contribution in [0.25, 0.3) is 5.57 Å². The number of rotatable bonds is 5. The number of aliphatic hydroxyl groups is 1. The molecule has 2 unspecified atom stereocenters. The van der Waals surface area contributed by atoms with E-state index >= 15 is 0 Å². The van der Waals surface area contributed by atoms with Gasteiger partial charge >= 0.3 is 0 Å². The van der Waals surface area contributed by atoms with Crippen LogP contribution in [-0.2, 0) is 26.5 Å². The molecule has 2 heterocycles. The number of benzene rings is 4. The lowest BCUT2D eigenvalue weighted by atomic mass is 9.68. The van der Waals surface area contributed by atoms with Gasteiger partial charge in [0.15, 0.2) is 5.78 Å². The van der Waals surface area contributed by atoms with Crippen LogP contribution in [-0.4, -0.2) is 22.6 Å². The van der Waals surface area contributed by atoms with E-state index in [2.05, 4.69) is 140 Å². The SMILES string of the molecule is CC(C)(C)c1ccc(/C(C2=Nc3ccccc3C2(C)C)=C2/C(=O)C(CC3Nc4ccccc4C3(C)c3ccc(C(C)(C)C)cc3)=C2O)cc1. The van der Waals surface area contributed by atoms with Crippen molar-refractivity contribution in [2.75, 3.05) is 5.32 Å². The first-order valence-corrected chi connectivity index (χ1v) is 17.5. The van der Waals surface area contributed by atoms with E-state index in [0.29, 0.717) is 17.6 Å². The van der Waals surface area contributed by atoms with Crippen molar-refractivity contribution < 1.29 is 9.90 Å². The molecular formula is C45H48N2O2. The van der Waals surface area contributed by atoms with E-state index in [0.717, 1.165) is 33.8 Å². The second kappa shape index (κ2) is 11.2. The van der Waals surface area contributed by atoms with Gasteiger partial charge in [-0.25, -0.2) is 0 Å². The van der Waals surface area contributed by atoms with Crippen LogP contribution in [0.1, 0.15) is 102 Å². The summed E-state index contributed by atoms with van der Waals surface area (Å²) >= 11 is 0. The van der Waals surface area contributed by atoms with E-state index in [4.69, 9.17) is 4.99 Å². The molecule has 4 heteroatoms. The first-order valence-electron chi connectivity index (χ1n) is 17.5. The molecule has 2 atom stereocenters. The maximum absolute atomic E-state index is 14.5. The standard InChI is InChI=1S/C45H48N2O2/c1-42(2,3)28-20-18-27(19-21-28)37(41-44(7,8)32-14-10-12-16-34(32)47-41)38-39(48)31(40(38)49)26-36-45(9,33-15-11-13-17-35(33)46-36)30-24-22-29(23-25-30)43(4,5)6/h10-25,36,46,48H,26H2,1-9H3/b38-37-. The molecule has 0 saturated carbocycles. The zero-order valence-corrected chi connectivity index (χ0v) is 30.3. The number of aliphatic hydroxyl groups excluding tert-OH is 1. The fourth-order valence-electron chi connectivity index (χ4n) is 7.98. The second-order valence-corrected chi connectivity index (χ2v) is 16.8. The third-order valence-corrected chi connectivity index (χ3v) is 11.2. The molecule has 0 spiro atoms. The molecule has 2 aliphatic heterocycles. The largest absolute Gasteiger partial charge is 0.507 e. The molecule has 0 amide bonds. The van der Waals surface area contributed by atoms with Crippen molar-refractivity contribution in [1.82, 2.24) is 0 Å². The molecule has 4 aromatic rings. The molecule has 4 nitrogen and oxygen atoms in total. The molecule has 0 bridgehead atoms. The van der Waals surface area contributed by atoms with Crippen LogP contribution in [0.4, 0.5) is 11.4 Å². The fraction of sp³-hybridized carbons (Fsp3) is 0.333. The minimum absolute atomic E-state index is 0.0146. The van der Waals surface area contributed by atoms with E-state index in [1.807, 2.05) is 24.3 Å². The Morgan fingerprint density at radius 1 is 0.755 bits per heavy atom. The molecule has 0 saturated heterocycles. The highest BCUT2D eigenvalue weighted by Crippen LogP contribution is 2.51.